The first kappa shape index (κ1) is 26.9. The van der Waals surface area contributed by atoms with Crippen LogP contribution in [0.5, 0.6) is 5.75 Å². The SMILES string of the molecule is CCCCCCCCCCCC(C(O[SiH](C)C)C(=O)Oc1ccccc1)C(C)(C)C. The minimum atomic E-state index is -1.39. The average molecular weight is 435 g/mol. The number of benzene rings is 1. The smallest absolute Gasteiger partial charge is 0.339 e. The number of esters is 1. The van der Waals surface area contributed by atoms with Crippen LogP contribution in [-0.4, -0.2) is 21.1 Å². The van der Waals surface area contributed by atoms with E-state index in [2.05, 4.69) is 40.8 Å². The van der Waals surface area contributed by atoms with Gasteiger partial charge in [-0.05, 0) is 43.0 Å². The van der Waals surface area contributed by atoms with E-state index in [0.29, 0.717) is 5.75 Å². The van der Waals surface area contributed by atoms with Gasteiger partial charge in [0.2, 0.25) is 0 Å². The number of carbonyl (C=O) groups excluding carboxylic acids is 1. The first-order valence-corrected chi connectivity index (χ1v) is 15.0. The van der Waals surface area contributed by atoms with Crippen molar-refractivity contribution in [3.8, 4) is 5.75 Å². The lowest BCUT2D eigenvalue weighted by molar-refractivity contribution is -0.147. The van der Waals surface area contributed by atoms with Crippen LogP contribution in [0.25, 0.3) is 0 Å². The van der Waals surface area contributed by atoms with Crippen molar-refractivity contribution in [1.82, 2.24) is 0 Å². The number of unbranched alkanes of at least 4 members (excludes halogenated alkanes) is 8. The second-order valence-corrected chi connectivity index (χ2v) is 12.3. The van der Waals surface area contributed by atoms with Crippen LogP contribution in [-0.2, 0) is 9.22 Å². The summed E-state index contributed by atoms with van der Waals surface area (Å²) >= 11 is 0. The Hall–Kier alpha value is -1.13. The van der Waals surface area contributed by atoms with E-state index in [1.165, 1.54) is 51.4 Å². The molecule has 0 aromatic heterocycles. The molecule has 0 bridgehead atoms. The zero-order valence-corrected chi connectivity index (χ0v) is 21.6. The number of rotatable bonds is 15. The molecule has 0 amide bonds. The van der Waals surface area contributed by atoms with E-state index < -0.39 is 15.1 Å². The molecule has 0 aliphatic rings. The maximum atomic E-state index is 13.1. The molecule has 0 fully saturated rings. The molecule has 0 saturated heterocycles. The van der Waals surface area contributed by atoms with Crippen LogP contribution in [0.4, 0.5) is 0 Å². The highest BCUT2D eigenvalue weighted by Crippen LogP contribution is 2.35. The van der Waals surface area contributed by atoms with E-state index in [9.17, 15) is 4.79 Å². The predicted molar refractivity (Wildman–Crippen MR) is 131 cm³/mol. The molecule has 2 unspecified atom stereocenters. The average Bonchev–Trinajstić information content (AvgIpc) is 2.67. The highest BCUT2D eigenvalue weighted by atomic mass is 28.3. The third kappa shape index (κ3) is 11.3. The van der Waals surface area contributed by atoms with Gasteiger partial charge in [0.25, 0.3) is 0 Å². The van der Waals surface area contributed by atoms with Crippen molar-refractivity contribution >= 4 is 15.0 Å². The number of carbonyl (C=O) groups is 1. The molecule has 4 heteroatoms. The second-order valence-electron chi connectivity index (χ2n) is 9.93. The van der Waals surface area contributed by atoms with Crippen molar-refractivity contribution in [1.29, 1.82) is 0 Å². The van der Waals surface area contributed by atoms with E-state index in [1.54, 1.807) is 0 Å². The first-order chi connectivity index (χ1) is 14.3. The van der Waals surface area contributed by atoms with E-state index in [4.69, 9.17) is 9.16 Å². The molecule has 1 rings (SSSR count). The van der Waals surface area contributed by atoms with Gasteiger partial charge in [-0.25, -0.2) is 4.79 Å². The lowest BCUT2D eigenvalue weighted by Crippen LogP contribution is -2.44. The Bertz CT molecular complexity index is 565. The van der Waals surface area contributed by atoms with Crippen LogP contribution in [0.1, 0.15) is 91.9 Å². The van der Waals surface area contributed by atoms with E-state index in [0.717, 1.165) is 12.8 Å². The number of hydrogen-bond donors (Lipinski definition) is 0. The summed E-state index contributed by atoms with van der Waals surface area (Å²) in [5, 5.41) is 0. The summed E-state index contributed by atoms with van der Waals surface area (Å²) in [6, 6.07) is 9.36. The first-order valence-electron chi connectivity index (χ1n) is 12.2. The van der Waals surface area contributed by atoms with Gasteiger partial charge in [-0.15, -0.1) is 0 Å². The fraction of sp³-hybridized carbons (Fsp3) is 0.731. The largest absolute Gasteiger partial charge is 0.425 e. The van der Waals surface area contributed by atoms with Gasteiger partial charge in [-0.2, -0.15) is 0 Å². The molecule has 0 aliphatic heterocycles. The Kier molecular flexibility index (Phi) is 13.3. The molecule has 0 spiro atoms. The van der Waals surface area contributed by atoms with Crippen LogP contribution in [0, 0.1) is 11.3 Å². The minimum absolute atomic E-state index is 0.0101. The van der Waals surface area contributed by atoms with Gasteiger partial charge in [0, 0.05) is 0 Å². The van der Waals surface area contributed by atoms with E-state index >= 15 is 0 Å². The van der Waals surface area contributed by atoms with Crippen molar-refractivity contribution in [3.05, 3.63) is 30.3 Å². The third-order valence-corrected chi connectivity index (χ3v) is 6.55. The molecule has 0 radical (unpaired) electrons. The van der Waals surface area contributed by atoms with Crippen LogP contribution < -0.4 is 4.74 Å². The third-order valence-electron chi connectivity index (χ3n) is 5.71. The molecule has 0 aliphatic carbocycles. The molecule has 0 heterocycles. The summed E-state index contributed by atoms with van der Waals surface area (Å²) in [6.45, 7) is 13.2. The maximum Gasteiger partial charge on any atom is 0.339 e. The second kappa shape index (κ2) is 14.8. The fourth-order valence-corrected chi connectivity index (χ4v) is 4.87. The Morgan fingerprint density at radius 2 is 1.43 bits per heavy atom. The lowest BCUT2D eigenvalue weighted by Gasteiger charge is -2.37. The topological polar surface area (TPSA) is 35.5 Å². The van der Waals surface area contributed by atoms with Crippen LogP contribution in [0.15, 0.2) is 30.3 Å². The van der Waals surface area contributed by atoms with Gasteiger partial charge in [-0.3, -0.25) is 0 Å². The molecule has 172 valence electrons. The van der Waals surface area contributed by atoms with Gasteiger partial charge < -0.3 is 9.16 Å². The van der Waals surface area contributed by atoms with Crippen molar-refractivity contribution in [2.24, 2.45) is 11.3 Å². The summed E-state index contributed by atoms with van der Waals surface area (Å²) in [7, 11) is -1.39. The molecule has 0 N–H and O–H groups in total. The Labute approximate surface area is 187 Å². The van der Waals surface area contributed by atoms with Crippen molar-refractivity contribution in [2.75, 3.05) is 0 Å². The number of hydrogen-bond acceptors (Lipinski definition) is 3. The maximum absolute atomic E-state index is 13.1. The molecule has 0 saturated carbocycles. The quantitative estimate of drug-likeness (QED) is 0.124. The van der Waals surface area contributed by atoms with Crippen LogP contribution >= 0.6 is 0 Å². The summed E-state index contributed by atoms with van der Waals surface area (Å²) in [5.74, 6) is 0.517. The van der Waals surface area contributed by atoms with Crippen molar-refractivity contribution in [2.45, 2.75) is 111 Å². The number of para-hydroxylation sites is 1. The zero-order chi connectivity index (χ0) is 22.4. The fourth-order valence-electron chi connectivity index (χ4n) is 3.98. The summed E-state index contributed by atoms with van der Waals surface area (Å²) in [4.78, 5) is 13.1. The molecule has 2 atom stereocenters. The molecule has 30 heavy (non-hydrogen) atoms. The highest BCUT2D eigenvalue weighted by Gasteiger charge is 2.38. The van der Waals surface area contributed by atoms with E-state index in [1.807, 2.05) is 30.3 Å². The highest BCUT2D eigenvalue weighted by molar-refractivity contribution is 6.48. The zero-order valence-electron chi connectivity index (χ0n) is 20.4. The summed E-state index contributed by atoms with van der Waals surface area (Å²) in [5.41, 5.74) is -0.0101. The molecular formula is C26H46O3Si. The predicted octanol–water partition coefficient (Wildman–Crippen LogP) is 7.54. The molecular weight excluding hydrogens is 388 g/mol. The minimum Gasteiger partial charge on any atom is -0.425 e. The van der Waals surface area contributed by atoms with Gasteiger partial charge in [-0.1, -0.05) is 104 Å². The standard InChI is InChI=1S/C26H46O3Si/c1-7-8-9-10-11-12-13-14-18-21-23(26(2,3)4)24(29-30(5)6)25(27)28-22-19-16-15-17-20-22/h15-17,19-20,23-24,30H,7-14,18,21H2,1-6H3. The summed E-state index contributed by atoms with van der Waals surface area (Å²) < 4.78 is 12.0. The van der Waals surface area contributed by atoms with E-state index in [-0.39, 0.29) is 17.3 Å². The number of ether oxygens (including phenoxy) is 1. The molecule has 1 aromatic carbocycles. The monoisotopic (exact) mass is 434 g/mol. The van der Waals surface area contributed by atoms with Crippen molar-refractivity contribution in [3.63, 3.8) is 0 Å². The Morgan fingerprint density at radius 3 is 1.93 bits per heavy atom. The molecule has 1 aromatic rings. The Morgan fingerprint density at radius 1 is 0.900 bits per heavy atom. The van der Waals surface area contributed by atoms with Crippen LogP contribution in [0.2, 0.25) is 13.1 Å². The van der Waals surface area contributed by atoms with Crippen molar-refractivity contribution < 1.29 is 14.0 Å². The Balaban J connectivity index is 2.63. The summed E-state index contributed by atoms with van der Waals surface area (Å²) in [6.07, 6.45) is 12.3. The normalized spacial score (nSPS) is 14.0. The molecule has 3 nitrogen and oxygen atoms in total. The van der Waals surface area contributed by atoms with Gasteiger partial charge in [0.15, 0.2) is 9.04 Å². The van der Waals surface area contributed by atoms with Gasteiger partial charge >= 0.3 is 5.97 Å². The van der Waals surface area contributed by atoms with Gasteiger partial charge in [0.05, 0.1) is 0 Å². The van der Waals surface area contributed by atoms with Crippen LogP contribution in [0.3, 0.4) is 0 Å². The van der Waals surface area contributed by atoms with Gasteiger partial charge in [0.1, 0.15) is 11.9 Å². The lowest BCUT2D eigenvalue weighted by atomic mass is 9.74.